The van der Waals surface area contributed by atoms with Gasteiger partial charge in [0.25, 0.3) is 0 Å². The van der Waals surface area contributed by atoms with Crippen LogP contribution in [0.15, 0.2) is 18.2 Å². The van der Waals surface area contributed by atoms with Gasteiger partial charge in [-0.2, -0.15) is 0 Å². The highest BCUT2D eigenvalue weighted by Crippen LogP contribution is 2.21. The summed E-state index contributed by atoms with van der Waals surface area (Å²) in [5, 5.41) is 0.604. The first-order valence-corrected chi connectivity index (χ1v) is 4.33. The Balaban J connectivity index is 3.23. The molecular formula is C10H11ClO. The maximum absolute atomic E-state index is 11.0. The van der Waals surface area contributed by atoms with Crippen molar-refractivity contribution >= 4 is 17.4 Å². The maximum Gasteiger partial charge on any atom is 0.161 e. The van der Waals surface area contributed by atoms with Crippen LogP contribution in [0.3, 0.4) is 0 Å². The Morgan fingerprint density at radius 3 is 2.67 bits per heavy atom. The van der Waals surface area contributed by atoms with Crippen LogP contribution in [0.4, 0.5) is 0 Å². The number of carbonyl (C=O) groups is 1. The molecule has 0 saturated carbocycles. The molecule has 0 aliphatic rings. The van der Waals surface area contributed by atoms with Gasteiger partial charge in [0.05, 0.1) is 5.02 Å². The topological polar surface area (TPSA) is 17.1 Å². The van der Waals surface area contributed by atoms with Crippen LogP contribution in [-0.2, 0) is 6.42 Å². The molecule has 0 amide bonds. The summed E-state index contributed by atoms with van der Waals surface area (Å²) in [7, 11) is 0. The van der Waals surface area contributed by atoms with Crippen LogP contribution in [-0.4, -0.2) is 5.78 Å². The largest absolute Gasteiger partial charge is 0.294 e. The second-order valence-electron chi connectivity index (χ2n) is 2.69. The summed E-state index contributed by atoms with van der Waals surface area (Å²) in [6, 6.07) is 5.56. The van der Waals surface area contributed by atoms with E-state index in [0.29, 0.717) is 10.6 Å². The zero-order valence-corrected chi connectivity index (χ0v) is 7.98. The molecule has 0 saturated heterocycles. The average Bonchev–Trinajstić information content (AvgIpc) is 2.04. The predicted octanol–water partition coefficient (Wildman–Crippen LogP) is 3.11. The second kappa shape index (κ2) is 3.72. The molecule has 0 aliphatic carbocycles. The van der Waals surface area contributed by atoms with Gasteiger partial charge in [0, 0.05) is 5.56 Å². The SMILES string of the molecule is CCc1cccc(C(C)=O)c1Cl. The Labute approximate surface area is 77.4 Å². The number of Topliss-reactive ketones (excluding diaryl/α,β-unsaturated/α-hetero) is 1. The minimum Gasteiger partial charge on any atom is -0.294 e. The Hall–Kier alpha value is -0.820. The van der Waals surface area contributed by atoms with Crippen molar-refractivity contribution in [2.45, 2.75) is 20.3 Å². The first-order valence-electron chi connectivity index (χ1n) is 3.95. The molecule has 0 aliphatic heterocycles. The van der Waals surface area contributed by atoms with E-state index in [1.54, 1.807) is 6.07 Å². The first kappa shape index (κ1) is 9.27. The maximum atomic E-state index is 11.0. The Morgan fingerprint density at radius 1 is 1.50 bits per heavy atom. The van der Waals surface area contributed by atoms with Gasteiger partial charge in [0.2, 0.25) is 0 Å². The number of halogens is 1. The lowest BCUT2D eigenvalue weighted by atomic mass is 10.1. The van der Waals surface area contributed by atoms with Crippen molar-refractivity contribution in [2.24, 2.45) is 0 Å². The quantitative estimate of drug-likeness (QED) is 0.643. The lowest BCUT2D eigenvalue weighted by Gasteiger charge is -2.04. The fraction of sp³-hybridized carbons (Fsp3) is 0.300. The summed E-state index contributed by atoms with van der Waals surface area (Å²) >= 11 is 5.98. The van der Waals surface area contributed by atoms with Crippen molar-refractivity contribution < 1.29 is 4.79 Å². The number of rotatable bonds is 2. The van der Waals surface area contributed by atoms with Gasteiger partial charge in [-0.1, -0.05) is 30.7 Å². The van der Waals surface area contributed by atoms with E-state index in [1.807, 2.05) is 19.1 Å². The molecule has 0 unspecified atom stereocenters. The Bertz CT molecular complexity index is 305. The van der Waals surface area contributed by atoms with Gasteiger partial charge in [-0.25, -0.2) is 0 Å². The number of benzene rings is 1. The van der Waals surface area contributed by atoms with E-state index < -0.39 is 0 Å². The molecule has 1 rings (SSSR count). The van der Waals surface area contributed by atoms with Gasteiger partial charge in [-0.3, -0.25) is 4.79 Å². The summed E-state index contributed by atoms with van der Waals surface area (Å²) in [5.74, 6) is 0.0234. The van der Waals surface area contributed by atoms with Gasteiger partial charge in [0.1, 0.15) is 0 Å². The smallest absolute Gasteiger partial charge is 0.161 e. The van der Waals surface area contributed by atoms with Crippen molar-refractivity contribution in [1.82, 2.24) is 0 Å². The van der Waals surface area contributed by atoms with Crippen LogP contribution in [0.25, 0.3) is 0 Å². The van der Waals surface area contributed by atoms with E-state index in [2.05, 4.69) is 0 Å². The predicted molar refractivity (Wildman–Crippen MR) is 50.8 cm³/mol. The molecule has 0 atom stereocenters. The molecule has 1 nitrogen and oxygen atoms in total. The molecule has 1 aromatic carbocycles. The molecule has 12 heavy (non-hydrogen) atoms. The molecule has 0 fully saturated rings. The van der Waals surface area contributed by atoms with E-state index in [-0.39, 0.29) is 5.78 Å². The zero-order valence-electron chi connectivity index (χ0n) is 7.23. The van der Waals surface area contributed by atoms with Crippen molar-refractivity contribution in [1.29, 1.82) is 0 Å². The number of carbonyl (C=O) groups excluding carboxylic acids is 1. The Morgan fingerprint density at radius 2 is 2.17 bits per heavy atom. The number of aryl methyl sites for hydroxylation is 1. The van der Waals surface area contributed by atoms with Gasteiger partial charge < -0.3 is 0 Å². The van der Waals surface area contributed by atoms with Crippen molar-refractivity contribution in [3.05, 3.63) is 34.3 Å². The van der Waals surface area contributed by atoms with Crippen LogP contribution in [0.5, 0.6) is 0 Å². The van der Waals surface area contributed by atoms with Crippen molar-refractivity contribution in [3.8, 4) is 0 Å². The number of ketones is 1. The molecule has 1 aromatic rings. The van der Waals surface area contributed by atoms with E-state index in [4.69, 9.17) is 11.6 Å². The van der Waals surface area contributed by atoms with E-state index in [1.165, 1.54) is 6.92 Å². The van der Waals surface area contributed by atoms with E-state index in [0.717, 1.165) is 12.0 Å². The highest BCUT2D eigenvalue weighted by atomic mass is 35.5. The first-order chi connectivity index (χ1) is 5.66. The lowest BCUT2D eigenvalue weighted by Crippen LogP contribution is -1.95. The number of hydrogen-bond acceptors (Lipinski definition) is 1. The summed E-state index contributed by atoms with van der Waals surface area (Å²) < 4.78 is 0. The zero-order chi connectivity index (χ0) is 9.14. The van der Waals surface area contributed by atoms with Gasteiger partial charge >= 0.3 is 0 Å². The van der Waals surface area contributed by atoms with Gasteiger partial charge in [-0.05, 0) is 25.0 Å². The number of hydrogen-bond donors (Lipinski definition) is 0. The van der Waals surface area contributed by atoms with Crippen molar-refractivity contribution in [2.75, 3.05) is 0 Å². The summed E-state index contributed by atoms with van der Waals surface area (Å²) in [5.41, 5.74) is 1.65. The van der Waals surface area contributed by atoms with Crippen LogP contribution in [0.2, 0.25) is 5.02 Å². The summed E-state index contributed by atoms with van der Waals surface area (Å²) in [6.07, 6.45) is 0.861. The second-order valence-corrected chi connectivity index (χ2v) is 3.07. The lowest BCUT2D eigenvalue weighted by molar-refractivity contribution is 0.101. The fourth-order valence-electron chi connectivity index (χ4n) is 1.12. The third-order valence-electron chi connectivity index (χ3n) is 1.84. The molecule has 0 aromatic heterocycles. The van der Waals surface area contributed by atoms with Crippen LogP contribution in [0, 0.1) is 0 Å². The monoisotopic (exact) mass is 182 g/mol. The molecular weight excluding hydrogens is 172 g/mol. The van der Waals surface area contributed by atoms with Crippen LogP contribution < -0.4 is 0 Å². The highest BCUT2D eigenvalue weighted by Gasteiger charge is 2.07. The van der Waals surface area contributed by atoms with Crippen LogP contribution in [0.1, 0.15) is 29.8 Å². The summed E-state index contributed by atoms with van der Waals surface area (Å²) in [6.45, 7) is 3.55. The van der Waals surface area contributed by atoms with Gasteiger partial charge in [-0.15, -0.1) is 0 Å². The minimum atomic E-state index is 0.0234. The van der Waals surface area contributed by atoms with Crippen molar-refractivity contribution in [3.63, 3.8) is 0 Å². The molecule has 0 radical (unpaired) electrons. The Kier molecular flexibility index (Phi) is 2.88. The van der Waals surface area contributed by atoms with Gasteiger partial charge in [0.15, 0.2) is 5.78 Å². The standard InChI is InChI=1S/C10H11ClO/c1-3-8-5-4-6-9(7(2)12)10(8)11/h4-6H,3H2,1-2H3. The normalized spacial score (nSPS) is 9.92. The van der Waals surface area contributed by atoms with Crippen LogP contribution >= 0.6 is 11.6 Å². The summed E-state index contributed by atoms with van der Waals surface area (Å²) in [4.78, 5) is 11.0. The van der Waals surface area contributed by atoms with E-state index >= 15 is 0 Å². The third-order valence-corrected chi connectivity index (χ3v) is 2.29. The third kappa shape index (κ3) is 1.67. The molecule has 2 heteroatoms. The fourth-order valence-corrected chi connectivity index (χ4v) is 1.52. The molecule has 64 valence electrons. The molecule has 0 heterocycles. The molecule has 0 N–H and O–H groups in total. The van der Waals surface area contributed by atoms with E-state index in [9.17, 15) is 4.79 Å². The minimum absolute atomic E-state index is 0.0234. The molecule has 0 spiro atoms. The highest BCUT2D eigenvalue weighted by molar-refractivity contribution is 6.34. The molecule has 0 bridgehead atoms. The average molecular weight is 183 g/mol.